The van der Waals surface area contributed by atoms with Crippen molar-refractivity contribution in [2.45, 2.75) is 53.5 Å². The number of carbonyl (C=O) groups excluding carboxylic acids is 2. The van der Waals surface area contributed by atoms with Crippen LogP contribution in [-0.4, -0.2) is 53.3 Å². The van der Waals surface area contributed by atoms with Crippen molar-refractivity contribution >= 4 is 35.2 Å². The van der Waals surface area contributed by atoms with E-state index >= 15 is 0 Å². The summed E-state index contributed by atoms with van der Waals surface area (Å²) in [5, 5.41) is 10.1. The predicted octanol–water partition coefficient (Wildman–Crippen LogP) is 5.33. The number of amides is 2. The molecule has 0 radical (unpaired) electrons. The first-order chi connectivity index (χ1) is 20.1. The molecule has 1 saturated heterocycles. The Morgan fingerprint density at radius 1 is 1.12 bits per heavy atom. The van der Waals surface area contributed by atoms with E-state index < -0.39 is 29.3 Å². The maximum Gasteiger partial charge on any atom is 0.277 e. The van der Waals surface area contributed by atoms with Gasteiger partial charge in [-0.15, -0.1) is 5.10 Å². The lowest BCUT2D eigenvalue weighted by Gasteiger charge is -2.14. The number of aromatic nitrogens is 7. The lowest BCUT2D eigenvalue weighted by atomic mass is 10.0. The maximum atomic E-state index is 14.7. The van der Waals surface area contributed by atoms with Crippen LogP contribution < -0.4 is 10.2 Å². The minimum absolute atomic E-state index is 0.0126. The Balaban J connectivity index is 0.00000198. The normalized spacial score (nSPS) is 12.9. The smallest absolute Gasteiger partial charge is 0.277 e. The van der Waals surface area contributed by atoms with Crippen LogP contribution in [0.5, 0.6) is 0 Å². The highest BCUT2D eigenvalue weighted by Gasteiger charge is 2.25. The Kier molecular flexibility index (Phi) is 9.45. The van der Waals surface area contributed by atoms with Crippen molar-refractivity contribution in [1.82, 2.24) is 34.9 Å². The van der Waals surface area contributed by atoms with Crippen LogP contribution in [0.25, 0.3) is 11.3 Å². The molecule has 0 aliphatic carbocycles. The van der Waals surface area contributed by atoms with Gasteiger partial charge in [0, 0.05) is 41.5 Å². The van der Waals surface area contributed by atoms with Crippen LogP contribution in [0.4, 0.5) is 24.9 Å². The molecular formula is C27H27ClF3N9O2. The zero-order valence-corrected chi connectivity index (χ0v) is 24.0. The zero-order valence-electron chi connectivity index (χ0n) is 23.2. The monoisotopic (exact) mass is 601 g/mol. The van der Waals surface area contributed by atoms with E-state index in [4.69, 9.17) is 11.6 Å². The van der Waals surface area contributed by atoms with Crippen molar-refractivity contribution in [3.05, 3.63) is 69.8 Å². The summed E-state index contributed by atoms with van der Waals surface area (Å²) in [6.07, 6.45) is 2.40. The van der Waals surface area contributed by atoms with Crippen molar-refractivity contribution < 1.29 is 22.8 Å². The molecule has 1 N–H and O–H groups in total. The van der Waals surface area contributed by atoms with Crippen LogP contribution in [0.3, 0.4) is 0 Å². The number of hydrogen-bond acceptors (Lipinski definition) is 8. The standard InChI is InChI=1S/C25H21ClF3N9O2.C2H6/c1-12-14(8-31-25(32-12)38-7-3-4-19(38)39)10-37-11-18(35-36-37)34-24(40)22-13(2)30-9-17(33-22)20-15(23(28)29)5-6-16(26)21(20)27;1-2/h5-6,8-9,11,23H,3-4,7,10H2,1-2H3,(H,34,40);1-2H3. The number of benzene rings is 1. The fourth-order valence-corrected chi connectivity index (χ4v) is 4.36. The Hall–Kier alpha value is -4.46. The number of halogens is 4. The third kappa shape index (κ3) is 6.38. The van der Waals surface area contributed by atoms with Gasteiger partial charge in [0.1, 0.15) is 5.69 Å². The van der Waals surface area contributed by atoms with Gasteiger partial charge in [0.15, 0.2) is 11.6 Å². The van der Waals surface area contributed by atoms with E-state index in [2.05, 4.69) is 35.6 Å². The van der Waals surface area contributed by atoms with E-state index in [1.165, 1.54) is 17.8 Å². The summed E-state index contributed by atoms with van der Waals surface area (Å²) >= 11 is 5.81. The lowest BCUT2D eigenvalue weighted by molar-refractivity contribution is -0.117. The van der Waals surface area contributed by atoms with Gasteiger partial charge >= 0.3 is 0 Å². The van der Waals surface area contributed by atoms with E-state index in [0.29, 0.717) is 24.6 Å². The van der Waals surface area contributed by atoms with Crippen LogP contribution in [-0.2, 0) is 11.3 Å². The molecule has 5 rings (SSSR count). The summed E-state index contributed by atoms with van der Waals surface area (Å²) in [5.41, 5.74) is -0.0940. The summed E-state index contributed by atoms with van der Waals surface area (Å²) in [6, 6.07) is 2.02. The maximum absolute atomic E-state index is 14.7. The molecule has 0 spiro atoms. The number of hydrogen-bond donors (Lipinski definition) is 1. The first kappa shape index (κ1) is 30.5. The average Bonchev–Trinajstić information content (AvgIpc) is 3.60. The minimum atomic E-state index is -3.01. The molecular weight excluding hydrogens is 575 g/mol. The molecule has 4 aromatic rings. The molecule has 2 amide bonds. The van der Waals surface area contributed by atoms with Crippen molar-refractivity contribution in [2.75, 3.05) is 16.8 Å². The number of rotatable bonds is 7. The molecule has 0 atom stereocenters. The third-order valence-electron chi connectivity index (χ3n) is 6.28. The van der Waals surface area contributed by atoms with Crippen LogP contribution in [0.1, 0.15) is 66.1 Å². The Morgan fingerprint density at radius 3 is 2.55 bits per heavy atom. The Bertz CT molecular complexity index is 1630. The molecule has 0 saturated carbocycles. The van der Waals surface area contributed by atoms with E-state index in [-0.39, 0.29) is 40.4 Å². The lowest BCUT2D eigenvalue weighted by Crippen LogP contribution is -2.26. The van der Waals surface area contributed by atoms with E-state index in [1.807, 2.05) is 13.8 Å². The van der Waals surface area contributed by atoms with Crippen LogP contribution in [0.15, 0.2) is 30.7 Å². The van der Waals surface area contributed by atoms with E-state index in [9.17, 15) is 22.8 Å². The average molecular weight is 602 g/mol. The number of nitrogens with zero attached hydrogens (tertiary/aromatic N) is 8. The van der Waals surface area contributed by atoms with Crippen molar-refractivity contribution in [3.8, 4) is 11.3 Å². The molecule has 0 bridgehead atoms. The predicted molar refractivity (Wildman–Crippen MR) is 149 cm³/mol. The van der Waals surface area contributed by atoms with Gasteiger partial charge in [-0.1, -0.05) is 36.7 Å². The van der Waals surface area contributed by atoms with Gasteiger partial charge in [0.2, 0.25) is 11.9 Å². The summed E-state index contributed by atoms with van der Waals surface area (Å²) in [5.74, 6) is -1.42. The highest BCUT2D eigenvalue weighted by atomic mass is 35.5. The molecule has 1 aliphatic rings. The van der Waals surface area contributed by atoms with Gasteiger partial charge in [0.05, 0.1) is 35.3 Å². The fourth-order valence-electron chi connectivity index (χ4n) is 4.20. The number of aryl methyl sites for hydroxylation is 2. The van der Waals surface area contributed by atoms with Crippen LogP contribution in [0, 0.1) is 19.7 Å². The number of nitrogens with one attached hydrogen (secondary N) is 1. The molecule has 4 heterocycles. The second kappa shape index (κ2) is 13.0. The molecule has 42 heavy (non-hydrogen) atoms. The van der Waals surface area contributed by atoms with Gasteiger partial charge < -0.3 is 5.32 Å². The quantitative estimate of drug-likeness (QED) is 0.301. The van der Waals surface area contributed by atoms with E-state index in [1.54, 1.807) is 18.0 Å². The van der Waals surface area contributed by atoms with Crippen molar-refractivity contribution in [2.24, 2.45) is 0 Å². The van der Waals surface area contributed by atoms with Gasteiger partial charge in [-0.2, -0.15) is 0 Å². The first-order valence-electron chi connectivity index (χ1n) is 13.1. The molecule has 1 fully saturated rings. The van der Waals surface area contributed by atoms with Gasteiger partial charge in [-0.3, -0.25) is 19.5 Å². The second-order valence-electron chi connectivity index (χ2n) is 9.00. The third-order valence-corrected chi connectivity index (χ3v) is 6.58. The Labute approximate surface area is 244 Å². The summed E-state index contributed by atoms with van der Waals surface area (Å²) < 4.78 is 43.3. The molecule has 3 aromatic heterocycles. The second-order valence-corrected chi connectivity index (χ2v) is 9.41. The minimum Gasteiger partial charge on any atom is -0.302 e. The van der Waals surface area contributed by atoms with Crippen molar-refractivity contribution in [3.63, 3.8) is 0 Å². The Morgan fingerprint density at radius 2 is 1.88 bits per heavy atom. The topological polar surface area (TPSA) is 132 Å². The van der Waals surface area contributed by atoms with Crippen molar-refractivity contribution in [1.29, 1.82) is 0 Å². The van der Waals surface area contributed by atoms with Crippen LogP contribution in [0.2, 0.25) is 5.02 Å². The molecule has 15 heteroatoms. The zero-order chi connectivity index (χ0) is 30.6. The molecule has 1 aromatic carbocycles. The summed E-state index contributed by atoms with van der Waals surface area (Å²) in [7, 11) is 0. The SMILES string of the molecule is CC.Cc1nc(N2CCCC2=O)ncc1Cn1cc(NC(=O)c2nc(-c3c(C(F)F)ccc(Cl)c3F)cnc2C)nn1. The highest BCUT2D eigenvalue weighted by molar-refractivity contribution is 6.31. The van der Waals surface area contributed by atoms with Gasteiger partial charge in [-0.25, -0.2) is 32.8 Å². The summed E-state index contributed by atoms with van der Waals surface area (Å²) in [4.78, 5) is 43.4. The fraction of sp³-hybridized carbons (Fsp3) is 0.333. The number of carbonyl (C=O) groups is 2. The van der Waals surface area contributed by atoms with Crippen LogP contribution >= 0.6 is 11.6 Å². The molecule has 0 unspecified atom stereocenters. The van der Waals surface area contributed by atoms with E-state index in [0.717, 1.165) is 30.3 Å². The molecule has 1 aliphatic heterocycles. The highest BCUT2D eigenvalue weighted by Crippen LogP contribution is 2.35. The summed E-state index contributed by atoms with van der Waals surface area (Å²) in [6.45, 7) is 8.10. The number of anilines is 2. The largest absolute Gasteiger partial charge is 0.302 e. The first-order valence-corrected chi connectivity index (χ1v) is 13.4. The van der Waals surface area contributed by atoms with Gasteiger partial charge in [-0.05, 0) is 26.3 Å². The van der Waals surface area contributed by atoms with Gasteiger partial charge in [0.25, 0.3) is 12.3 Å². The number of alkyl halides is 2. The molecule has 11 nitrogen and oxygen atoms in total. The molecule has 220 valence electrons.